The van der Waals surface area contributed by atoms with Crippen LogP contribution in [0.5, 0.6) is 0 Å². The standard InChI is InChI=1S/C22H19N3O/c1-16-7-9-18(10-8-16)20-15-25-14-19(11-12-21(25)24-20)22(26)23-13-17-5-3-2-4-6-17/h2-12,14-15H,13H2,1H3,(H,23,26). The molecule has 0 unspecified atom stereocenters. The second-order valence-corrected chi connectivity index (χ2v) is 6.34. The van der Waals surface area contributed by atoms with Crippen LogP contribution in [0, 0.1) is 6.92 Å². The lowest BCUT2D eigenvalue weighted by atomic mass is 10.1. The Morgan fingerprint density at radius 1 is 0.962 bits per heavy atom. The highest BCUT2D eigenvalue weighted by Gasteiger charge is 2.09. The molecule has 0 fully saturated rings. The molecule has 26 heavy (non-hydrogen) atoms. The van der Waals surface area contributed by atoms with Crippen LogP contribution < -0.4 is 5.32 Å². The third-order valence-electron chi connectivity index (χ3n) is 4.36. The van der Waals surface area contributed by atoms with Crippen LogP contribution in [0.15, 0.2) is 79.1 Å². The number of benzene rings is 2. The molecule has 0 aliphatic rings. The summed E-state index contributed by atoms with van der Waals surface area (Å²) < 4.78 is 1.90. The molecule has 2 heterocycles. The van der Waals surface area contributed by atoms with Gasteiger partial charge in [0.2, 0.25) is 0 Å². The summed E-state index contributed by atoms with van der Waals surface area (Å²) >= 11 is 0. The first-order valence-corrected chi connectivity index (χ1v) is 8.57. The molecule has 0 aliphatic heterocycles. The van der Waals surface area contributed by atoms with Gasteiger partial charge in [-0.25, -0.2) is 4.98 Å². The predicted octanol–water partition coefficient (Wildman–Crippen LogP) is 4.24. The highest BCUT2D eigenvalue weighted by molar-refractivity contribution is 5.94. The Labute approximate surface area is 152 Å². The number of nitrogens with zero attached hydrogens (tertiary/aromatic N) is 2. The number of carbonyl (C=O) groups is 1. The van der Waals surface area contributed by atoms with Gasteiger partial charge in [-0.2, -0.15) is 0 Å². The molecule has 4 aromatic rings. The van der Waals surface area contributed by atoms with Gasteiger partial charge >= 0.3 is 0 Å². The third-order valence-corrected chi connectivity index (χ3v) is 4.36. The van der Waals surface area contributed by atoms with Crippen molar-refractivity contribution in [2.24, 2.45) is 0 Å². The zero-order valence-electron chi connectivity index (χ0n) is 14.5. The molecule has 4 nitrogen and oxygen atoms in total. The normalized spacial score (nSPS) is 10.8. The van der Waals surface area contributed by atoms with E-state index in [4.69, 9.17) is 0 Å². The molecule has 4 heteroatoms. The molecule has 0 saturated carbocycles. The molecule has 2 aromatic carbocycles. The zero-order valence-corrected chi connectivity index (χ0v) is 14.5. The number of imidazole rings is 1. The fourth-order valence-electron chi connectivity index (χ4n) is 2.87. The van der Waals surface area contributed by atoms with E-state index >= 15 is 0 Å². The number of rotatable bonds is 4. The fourth-order valence-corrected chi connectivity index (χ4v) is 2.87. The SMILES string of the molecule is Cc1ccc(-c2cn3cc(C(=O)NCc4ccccc4)ccc3n2)cc1. The van der Waals surface area contributed by atoms with Gasteiger partial charge < -0.3 is 9.72 Å². The van der Waals surface area contributed by atoms with Crippen molar-refractivity contribution in [1.82, 2.24) is 14.7 Å². The highest BCUT2D eigenvalue weighted by Crippen LogP contribution is 2.20. The van der Waals surface area contributed by atoms with Gasteiger partial charge in [0.05, 0.1) is 11.3 Å². The van der Waals surface area contributed by atoms with E-state index in [9.17, 15) is 4.79 Å². The topological polar surface area (TPSA) is 46.4 Å². The monoisotopic (exact) mass is 341 g/mol. The summed E-state index contributed by atoms with van der Waals surface area (Å²) in [5.41, 5.74) is 5.68. The minimum atomic E-state index is -0.0960. The number of amides is 1. The fraction of sp³-hybridized carbons (Fsp3) is 0.0909. The Morgan fingerprint density at radius 3 is 2.50 bits per heavy atom. The Balaban J connectivity index is 1.55. The van der Waals surface area contributed by atoms with Gasteiger partial charge in [-0.15, -0.1) is 0 Å². The summed E-state index contributed by atoms with van der Waals surface area (Å²) in [6, 6.07) is 21.8. The van der Waals surface area contributed by atoms with Gasteiger partial charge in [0.25, 0.3) is 5.91 Å². The summed E-state index contributed by atoms with van der Waals surface area (Å²) in [6.45, 7) is 2.57. The number of carbonyl (C=O) groups excluding carboxylic acids is 1. The first-order chi connectivity index (χ1) is 12.7. The van der Waals surface area contributed by atoms with E-state index < -0.39 is 0 Å². The zero-order chi connectivity index (χ0) is 17.9. The molecule has 0 saturated heterocycles. The molecule has 0 atom stereocenters. The number of fused-ring (bicyclic) bond motifs is 1. The summed E-state index contributed by atoms with van der Waals surface area (Å²) in [7, 11) is 0. The number of aromatic nitrogens is 2. The quantitative estimate of drug-likeness (QED) is 0.603. The molecular weight excluding hydrogens is 322 g/mol. The number of pyridine rings is 1. The summed E-state index contributed by atoms with van der Waals surface area (Å²) in [5.74, 6) is -0.0960. The predicted molar refractivity (Wildman–Crippen MR) is 103 cm³/mol. The number of nitrogens with one attached hydrogen (secondary N) is 1. The van der Waals surface area contributed by atoms with E-state index in [1.807, 2.05) is 59.3 Å². The van der Waals surface area contributed by atoms with Crippen LogP contribution in [-0.4, -0.2) is 15.3 Å². The Kier molecular flexibility index (Phi) is 4.23. The van der Waals surface area contributed by atoms with Crippen molar-refractivity contribution >= 4 is 11.6 Å². The molecule has 1 N–H and O–H groups in total. The number of aryl methyl sites for hydroxylation is 1. The first kappa shape index (κ1) is 16.1. The van der Waals surface area contributed by atoms with Crippen molar-refractivity contribution in [2.45, 2.75) is 13.5 Å². The van der Waals surface area contributed by atoms with E-state index in [0.29, 0.717) is 12.1 Å². The average molecular weight is 341 g/mol. The molecule has 2 aromatic heterocycles. The Morgan fingerprint density at radius 2 is 1.73 bits per heavy atom. The van der Waals surface area contributed by atoms with E-state index in [0.717, 1.165) is 22.5 Å². The maximum atomic E-state index is 12.4. The van der Waals surface area contributed by atoms with E-state index in [1.165, 1.54) is 5.56 Å². The maximum Gasteiger partial charge on any atom is 0.253 e. The molecule has 1 amide bonds. The van der Waals surface area contributed by atoms with Crippen LogP contribution in [0.4, 0.5) is 0 Å². The Hall–Kier alpha value is -3.40. The van der Waals surface area contributed by atoms with Gasteiger partial charge in [0.15, 0.2) is 0 Å². The summed E-state index contributed by atoms with van der Waals surface area (Å²) in [5, 5.41) is 2.95. The van der Waals surface area contributed by atoms with Gasteiger partial charge in [-0.05, 0) is 24.6 Å². The van der Waals surface area contributed by atoms with E-state index in [1.54, 1.807) is 0 Å². The van der Waals surface area contributed by atoms with Crippen LogP contribution in [0.25, 0.3) is 16.9 Å². The van der Waals surface area contributed by atoms with Gasteiger partial charge in [-0.3, -0.25) is 4.79 Å². The molecule has 4 rings (SSSR count). The average Bonchev–Trinajstić information content (AvgIpc) is 3.10. The summed E-state index contributed by atoms with van der Waals surface area (Å²) in [6.07, 6.45) is 3.77. The van der Waals surface area contributed by atoms with Crippen LogP contribution in [0.2, 0.25) is 0 Å². The molecule has 0 bridgehead atoms. The second kappa shape index (κ2) is 6.84. The molecule has 0 spiro atoms. The van der Waals surface area contributed by atoms with Gasteiger partial charge in [0, 0.05) is 24.5 Å². The number of hydrogen-bond donors (Lipinski definition) is 1. The lowest BCUT2D eigenvalue weighted by molar-refractivity contribution is 0.0950. The van der Waals surface area contributed by atoms with Crippen molar-refractivity contribution in [2.75, 3.05) is 0 Å². The van der Waals surface area contributed by atoms with Crippen molar-refractivity contribution in [3.63, 3.8) is 0 Å². The van der Waals surface area contributed by atoms with Gasteiger partial charge in [0.1, 0.15) is 5.65 Å². The van der Waals surface area contributed by atoms with Crippen molar-refractivity contribution in [3.8, 4) is 11.3 Å². The van der Waals surface area contributed by atoms with Crippen LogP contribution in [-0.2, 0) is 6.54 Å². The van der Waals surface area contributed by atoms with Crippen molar-refractivity contribution in [1.29, 1.82) is 0 Å². The molecule has 0 radical (unpaired) electrons. The van der Waals surface area contributed by atoms with Crippen LogP contribution in [0.3, 0.4) is 0 Å². The highest BCUT2D eigenvalue weighted by atomic mass is 16.1. The number of hydrogen-bond acceptors (Lipinski definition) is 2. The molecule has 128 valence electrons. The lowest BCUT2D eigenvalue weighted by Crippen LogP contribution is -2.23. The van der Waals surface area contributed by atoms with Crippen LogP contribution >= 0.6 is 0 Å². The van der Waals surface area contributed by atoms with E-state index in [2.05, 4.69) is 41.5 Å². The van der Waals surface area contributed by atoms with Crippen LogP contribution in [0.1, 0.15) is 21.5 Å². The minimum absolute atomic E-state index is 0.0960. The Bertz CT molecular complexity index is 1050. The summed E-state index contributed by atoms with van der Waals surface area (Å²) in [4.78, 5) is 17.1. The van der Waals surface area contributed by atoms with Gasteiger partial charge in [-0.1, -0.05) is 60.2 Å². The molecule has 0 aliphatic carbocycles. The van der Waals surface area contributed by atoms with Crippen molar-refractivity contribution in [3.05, 3.63) is 95.8 Å². The minimum Gasteiger partial charge on any atom is -0.348 e. The smallest absolute Gasteiger partial charge is 0.253 e. The first-order valence-electron chi connectivity index (χ1n) is 8.57. The lowest BCUT2D eigenvalue weighted by Gasteiger charge is -2.05. The molecular formula is C22H19N3O. The van der Waals surface area contributed by atoms with Crippen molar-refractivity contribution < 1.29 is 4.79 Å². The third kappa shape index (κ3) is 3.35. The van der Waals surface area contributed by atoms with E-state index in [-0.39, 0.29) is 5.91 Å². The second-order valence-electron chi connectivity index (χ2n) is 6.34. The largest absolute Gasteiger partial charge is 0.348 e. The maximum absolute atomic E-state index is 12.4.